The van der Waals surface area contributed by atoms with E-state index in [4.69, 9.17) is 5.73 Å². The maximum absolute atomic E-state index is 11.7. The van der Waals surface area contributed by atoms with Crippen molar-refractivity contribution in [3.05, 3.63) is 71.4 Å². The van der Waals surface area contributed by atoms with E-state index >= 15 is 0 Å². The van der Waals surface area contributed by atoms with Gasteiger partial charge >= 0.3 is 0 Å². The van der Waals surface area contributed by atoms with Gasteiger partial charge in [0.05, 0.1) is 0 Å². The van der Waals surface area contributed by atoms with Crippen molar-refractivity contribution in [2.24, 2.45) is 23.5 Å². The van der Waals surface area contributed by atoms with Crippen LogP contribution in [0.5, 0.6) is 5.75 Å². The van der Waals surface area contributed by atoms with Crippen LogP contribution >= 0.6 is 0 Å². The number of nitrogens with one attached hydrogen (secondary N) is 1. The molecule has 32 heavy (non-hydrogen) atoms. The lowest BCUT2D eigenvalue weighted by Gasteiger charge is -2.34. The van der Waals surface area contributed by atoms with E-state index < -0.39 is 11.7 Å². The van der Waals surface area contributed by atoms with E-state index in [0.717, 1.165) is 18.8 Å². The lowest BCUT2D eigenvalue weighted by Crippen LogP contribution is -2.34. The SMILES string of the molecule is CC(CCc1ccc(C(=O)C(N)=O)cc1)CC1CCC2NC=C(c3ccc(O)cc3)C2C1. The van der Waals surface area contributed by atoms with Crippen LogP contribution in [-0.2, 0) is 11.2 Å². The fourth-order valence-corrected chi connectivity index (χ4v) is 5.34. The molecular formula is C27H32N2O3. The minimum Gasteiger partial charge on any atom is -0.508 e. The van der Waals surface area contributed by atoms with Crippen LogP contribution in [0.2, 0.25) is 0 Å². The van der Waals surface area contributed by atoms with Crippen molar-refractivity contribution >= 4 is 17.3 Å². The number of Topliss-reactive ketones (excluding diaryl/α,β-unsaturated/α-hetero) is 1. The monoisotopic (exact) mass is 432 g/mol. The Bertz CT molecular complexity index is 995. The molecule has 0 radical (unpaired) electrons. The molecule has 0 spiro atoms. The van der Waals surface area contributed by atoms with Gasteiger partial charge in [-0.1, -0.05) is 43.3 Å². The highest BCUT2D eigenvalue weighted by atomic mass is 16.3. The van der Waals surface area contributed by atoms with E-state index in [1.807, 2.05) is 24.3 Å². The largest absolute Gasteiger partial charge is 0.508 e. The maximum Gasteiger partial charge on any atom is 0.289 e. The summed E-state index contributed by atoms with van der Waals surface area (Å²) in [6.07, 6.45) is 9.15. The van der Waals surface area contributed by atoms with Gasteiger partial charge in [-0.15, -0.1) is 0 Å². The quantitative estimate of drug-likeness (QED) is 0.424. The highest BCUT2D eigenvalue weighted by molar-refractivity contribution is 6.42. The summed E-state index contributed by atoms with van der Waals surface area (Å²) in [5.74, 6) is 0.646. The summed E-state index contributed by atoms with van der Waals surface area (Å²) in [6.45, 7) is 2.33. The number of hydrogen-bond donors (Lipinski definition) is 3. The van der Waals surface area contributed by atoms with E-state index in [-0.39, 0.29) is 0 Å². The first kappa shape index (κ1) is 22.1. The predicted molar refractivity (Wildman–Crippen MR) is 126 cm³/mol. The molecule has 1 aliphatic heterocycles. The summed E-state index contributed by atoms with van der Waals surface area (Å²) in [4.78, 5) is 22.7. The Morgan fingerprint density at radius 2 is 1.81 bits per heavy atom. The van der Waals surface area contributed by atoms with Gasteiger partial charge in [-0.2, -0.15) is 0 Å². The topological polar surface area (TPSA) is 92.4 Å². The number of aromatic hydroxyl groups is 1. The fraction of sp³-hybridized carbons (Fsp3) is 0.407. The lowest BCUT2D eigenvalue weighted by molar-refractivity contribution is -0.114. The lowest BCUT2D eigenvalue weighted by atomic mass is 9.72. The van der Waals surface area contributed by atoms with Gasteiger partial charge in [0.2, 0.25) is 5.78 Å². The Labute approximate surface area is 189 Å². The van der Waals surface area contributed by atoms with E-state index in [1.165, 1.54) is 42.4 Å². The molecular weight excluding hydrogens is 400 g/mol. The molecule has 5 nitrogen and oxygen atoms in total. The molecule has 0 saturated heterocycles. The molecule has 1 heterocycles. The van der Waals surface area contributed by atoms with E-state index in [0.29, 0.717) is 29.2 Å². The third kappa shape index (κ3) is 5.04. The van der Waals surface area contributed by atoms with E-state index in [1.54, 1.807) is 24.3 Å². The third-order valence-electron chi connectivity index (χ3n) is 7.11. The molecule has 1 fully saturated rings. The number of ketones is 1. The zero-order valence-electron chi connectivity index (χ0n) is 18.6. The van der Waals surface area contributed by atoms with Crippen LogP contribution in [-0.4, -0.2) is 22.8 Å². The zero-order chi connectivity index (χ0) is 22.7. The van der Waals surface area contributed by atoms with Crippen LogP contribution in [0.15, 0.2) is 54.7 Å². The standard InChI is InChI=1S/C27H32N2O3/c1-17(2-3-18-4-7-21(8-5-18)26(31)27(28)32)14-19-6-13-25-23(15-19)24(16-29-25)20-9-11-22(30)12-10-20/h4-5,7-12,16-17,19,23,25,29-30H,2-3,6,13-15H2,1H3,(H2,28,32). The summed E-state index contributed by atoms with van der Waals surface area (Å²) < 4.78 is 0. The van der Waals surface area contributed by atoms with Gasteiger partial charge in [-0.3, -0.25) is 9.59 Å². The van der Waals surface area contributed by atoms with Crippen molar-refractivity contribution in [2.45, 2.75) is 51.5 Å². The fourth-order valence-electron chi connectivity index (χ4n) is 5.34. The molecule has 4 N–H and O–H groups in total. The number of fused-ring (bicyclic) bond motifs is 1. The van der Waals surface area contributed by atoms with Crippen molar-refractivity contribution in [3.8, 4) is 5.75 Å². The Hall–Kier alpha value is -3.08. The zero-order valence-corrected chi connectivity index (χ0v) is 18.6. The van der Waals surface area contributed by atoms with Gasteiger partial charge in [-0.05, 0) is 79.2 Å². The number of nitrogens with two attached hydrogens (primary N) is 1. The van der Waals surface area contributed by atoms with Gasteiger partial charge in [0, 0.05) is 23.7 Å². The van der Waals surface area contributed by atoms with Gasteiger partial charge in [0.1, 0.15) is 5.75 Å². The number of primary amides is 1. The molecule has 1 saturated carbocycles. The van der Waals surface area contributed by atoms with Gasteiger partial charge in [0.25, 0.3) is 5.91 Å². The molecule has 4 unspecified atom stereocenters. The molecule has 2 aromatic carbocycles. The molecule has 2 aliphatic rings. The summed E-state index contributed by atoms with van der Waals surface area (Å²) in [7, 11) is 0. The second-order valence-electron chi connectivity index (χ2n) is 9.48. The number of carbonyl (C=O) groups excluding carboxylic acids is 2. The van der Waals surface area contributed by atoms with Crippen molar-refractivity contribution in [3.63, 3.8) is 0 Å². The molecule has 5 heteroatoms. The summed E-state index contributed by atoms with van der Waals surface area (Å²) in [5, 5.41) is 13.2. The average molecular weight is 433 g/mol. The van der Waals surface area contributed by atoms with Gasteiger partial charge in [0.15, 0.2) is 0 Å². The van der Waals surface area contributed by atoms with Crippen molar-refractivity contribution in [2.75, 3.05) is 0 Å². The molecule has 0 bridgehead atoms. The highest BCUT2D eigenvalue weighted by Gasteiger charge is 2.36. The molecule has 4 atom stereocenters. The second-order valence-corrected chi connectivity index (χ2v) is 9.48. The van der Waals surface area contributed by atoms with Crippen LogP contribution in [0.25, 0.3) is 5.57 Å². The van der Waals surface area contributed by atoms with Crippen molar-refractivity contribution < 1.29 is 14.7 Å². The number of phenols is 1. The highest BCUT2D eigenvalue weighted by Crippen LogP contribution is 2.43. The number of benzene rings is 2. The Balaban J connectivity index is 1.29. The number of hydrogen-bond acceptors (Lipinski definition) is 4. The minimum absolute atomic E-state index is 0.307. The molecule has 2 aromatic rings. The van der Waals surface area contributed by atoms with Crippen molar-refractivity contribution in [1.29, 1.82) is 0 Å². The van der Waals surface area contributed by atoms with Crippen LogP contribution in [0.1, 0.15) is 60.5 Å². The molecule has 1 amide bonds. The second kappa shape index (κ2) is 9.60. The summed E-state index contributed by atoms with van der Waals surface area (Å²) in [5.41, 5.74) is 9.18. The number of carbonyl (C=O) groups is 2. The minimum atomic E-state index is -0.915. The third-order valence-corrected chi connectivity index (χ3v) is 7.11. The van der Waals surface area contributed by atoms with Gasteiger partial charge in [-0.25, -0.2) is 0 Å². The average Bonchev–Trinajstić information content (AvgIpc) is 3.21. The molecule has 0 aromatic heterocycles. The Morgan fingerprint density at radius 1 is 1.09 bits per heavy atom. The predicted octanol–water partition coefficient (Wildman–Crippen LogP) is 4.45. The van der Waals surface area contributed by atoms with Crippen molar-refractivity contribution in [1.82, 2.24) is 5.32 Å². The first-order chi connectivity index (χ1) is 15.4. The Kier molecular flexibility index (Phi) is 6.63. The van der Waals surface area contributed by atoms with E-state index in [2.05, 4.69) is 18.4 Å². The summed E-state index contributed by atoms with van der Waals surface area (Å²) in [6, 6.07) is 15.3. The molecule has 4 rings (SSSR count). The number of amides is 1. The first-order valence-electron chi connectivity index (χ1n) is 11.6. The van der Waals surface area contributed by atoms with Gasteiger partial charge < -0.3 is 16.2 Å². The normalized spacial score (nSPS) is 23.0. The smallest absolute Gasteiger partial charge is 0.289 e. The van der Waals surface area contributed by atoms with Crippen LogP contribution < -0.4 is 11.1 Å². The van der Waals surface area contributed by atoms with Crippen LogP contribution in [0.4, 0.5) is 0 Å². The van der Waals surface area contributed by atoms with Crippen LogP contribution in [0.3, 0.4) is 0 Å². The molecule has 1 aliphatic carbocycles. The van der Waals surface area contributed by atoms with E-state index in [9.17, 15) is 14.7 Å². The maximum atomic E-state index is 11.7. The molecule has 168 valence electrons. The number of aryl methyl sites for hydroxylation is 1. The number of rotatable bonds is 8. The summed E-state index contributed by atoms with van der Waals surface area (Å²) >= 11 is 0. The first-order valence-corrected chi connectivity index (χ1v) is 11.6. The Morgan fingerprint density at radius 3 is 2.50 bits per heavy atom. The number of phenolic OH excluding ortho intramolecular Hbond substituents is 1. The van der Waals surface area contributed by atoms with Crippen LogP contribution in [0, 0.1) is 17.8 Å².